The van der Waals surface area contributed by atoms with Gasteiger partial charge in [-0.2, -0.15) is 0 Å². The molecule has 7 heteroatoms. The van der Waals surface area contributed by atoms with Gasteiger partial charge in [0.2, 0.25) is 11.7 Å². The Morgan fingerprint density at radius 3 is 2.71 bits per heavy atom. The second-order valence-electron chi connectivity index (χ2n) is 9.39. The Kier molecular flexibility index (Phi) is 4.78. The topological polar surface area (TPSA) is 86.1 Å². The van der Waals surface area contributed by atoms with E-state index < -0.39 is 5.72 Å². The summed E-state index contributed by atoms with van der Waals surface area (Å²) < 4.78 is 20.7. The van der Waals surface area contributed by atoms with Crippen LogP contribution < -0.4 is 16.2 Å². The van der Waals surface area contributed by atoms with Crippen molar-refractivity contribution in [2.45, 2.75) is 43.4 Å². The van der Waals surface area contributed by atoms with E-state index in [1.807, 2.05) is 18.2 Å². The number of benzene rings is 3. The number of nitrogens with two attached hydrogens (primary N) is 2. The number of hydroxylamine groups is 2. The summed E-state index contributed by atoms with van der Waals surface area (Å²) >= 11 is 0. The molecule has 3 aliphatic rings. The van der Waals surface area contributed by atoms with E-state index in [2.05, 4.69) is 24.3 Å². The van der Waals surface area contributed by atoms with Gasteiger partial charge in [-0.3, -0.25) is 0 Å². The van der Waals surface area contributed by atoms with Gasteiger partial charge in [0.15, 0.2) is 0 Å². The van der Waals surface area contributed by atoms with Crippen molar-refractivity contribution < 1.29 is 14.0 Å². The van der Waals surface area contributed by atoms with Gasteiger partial charge >= 0.3 is 0 Å². The highest BCUT2D eigenvalue weighted by Gasteiger charge is 2.50. The van der Waals surface area contributed by atoms with E-state index in [0.717, 1.165) is 30.4 Å². The van der Waals surface area contributed by atoms with E-state index in [1.165, 1.54) is 28.3 Å². The quantitative estimate of drug-likeness (QED) is 0.544. The minimum Gasteiger partial charge on any atom is -0.489 e. The molecule has 6 rings (SSSR count). The van der Waals surface area contributed by atoms with Crippen LogP contribution in [0.5, 0.6) is 5.75 Å². The lowest BCUT2D eigenvalue weighted by Crippen LogP contribution is -2.42. The van der Waals surface area contributed by atoms with Crippen LogP contribution in [-0.2, 0) is 17.0 Å². The van der Waals surface area contributed by atoms with Crippen LogP contribution in [0, 0.1) is 5.82 Å². The zero-order valence-corrected chi connectivity index (χ0v) is 19.0. The van der Waals surface area contributed by atoms with Gasteiger partial charge < -0.3 is 16.2 Å². The number of hydrogen-bond acceptors (Lipinski definition) is 6. The fourth-order valence-electron chi connectivity index (χ4n) is 5.63. The second-order valence-corrected chi connectivity index (χ2v) is 9.39. The van der Waals surface area contributed by atoms with Crippen molar-refractivity contribution >= 4 is 11.6 Å². The van der Waals surface area contributed by atoms with Gasteiger partial charge in [-0.1, -0.05) is 30.3 Å². The minimum absolute atomic E-state index is 0.118. The molecular formula is C27H27FN4O2. The van der Waals surface area contributed by atoms with Crippen molar-refractivity contribution in [3.63, 3.8) is 0 Å². The molecule has 0 fully saturated rings. The van der Waals surface area contributed by atoms with E-state index in [4.69, 9.17) is 26.0 Å². The standard InChI is InChI=1S/C27H27FN4O2/c1-32-26(30)31-27(34-32)15-25(22-8-4-6-16-5-2-3-7-21(16)22)33-24-10-9-17(13-23(24)27)18-11-19(28)14-20(29)12-18/h2-3,5,7,9-14,22,25H,4,6,8,15,29H2,1H3,(H2,30,31). The molecule has 1 spiro atoms. The molecule has 0 amide bonds. The molecule has 3 unspecified atom stereocenters. The first kappa shape index (κ1) is 21.0. The van der Waals surface area contributed by atoms with Gasteiger partial charge in [0.05, 0.1) is 5.56 Å². The maximum atomic E-state index is 14.1. The molecule has 0 bridgehead atoms. The van der Waals surface area contributed by atoms with Crippen LogP contribution in [0.4, 0.5) is 10.1 Å². The molecule has 3 atom stereocenters. The predicted molar refractivity (Wildman–Crippen MR) is 130 cm³/mol. The number of ether oxygens (including phenoxy) is 1. The Labute approximate surface area is 197 Å². The smallest absolute Gasteiger partial charge is 0.221 e. The maximum absolute atomic E-state index is 14.1. The summed E-state index contributed by atoms with van der Waals surface area (Å²) in [6.45, 7) is 0. The average Bonchev–Trinajstić information content (AvgIpc) is 3.11. The Hall–Kier alpha value is -3.58. The van der Waals surface area contributed by atoms with Crippen LogP contribution in [0.3, 0.4) is 0 Å². The average molecular weight is 459 g/mol. The highest BCUT2D eigenvalue weighted by Crippen LogP contribution is 2.51. The van der Waals surface area contributed by atoms with E-state index >= 15 is 0 Å². The highest BCUT2D eigenvalue weighted by molar-refractivity contribution is 5.79. The Balaban J connectivity index is 1.45. The summed E-state index contributed by atoms with van der Waals surface area (Å²) in [7, 11) is 1.75. The number of hydrogen-bond donors (Lipinski definition) is 2. The van der Waals surface area contributed by atoms with Crippen molar-refractivity contribution in [2.75, 3.05) is 12.8 Å². The molecule has 1 aliphatic carbocycles. The molecule has 6 nitrogen and oxygen atoms in total. The van der Waals surface area contributed by atoms with Crippen LogP contribution in [0.25, 0.3) is 11.1 Å². The highest BCUT2D eigenvalue weighted by atomic mass is 19.1. The molecule has 0 saturated carbocycles. The van der Waals surface area contributed by atoms with Crippen molar-refractivity contribution in [3.8, 4) is 16.9 Å². The van der Waals surface area contributed by atoms with Crippen LogP contribution in [0.1, 0.15) is 41.9 Å². The molecule has 2 heterocycles. The number of aliphatic imine (C=N–C) groups is 1. The number of fused-ring (bicyclic) bond motifs is 3. The monoisotopic (exact) mass is 458 g/mol. The van der Waals surface area contributed by atoms with Gasteiger partial charge in [-0.05, 0) is 71.8 Å². The molecule has 0 saturated heterocycles. The molecule has 34 heavy (non-hydrogen) atoms. The van der Waals surface area contributed by atoms with E-state index in [1.54, 1.807) is 13.1 Å². The largest absolute Gasteiger partial charge is 0.489 e. The van der Waals surface area contributed by atoms with Crippen LogP contribution >= 0.6 is 0 Å². The van der Waals surface area contributed by atoms with Gasteiger partial charge in [-0.15, -0.1) is 0 Å². The molecule has 174 valence electrons. The Morgan fingerprint density at radius 1 is 1.06 bits per heavy atom. The van der Waals surface area contributed by atoms with E-state index in [9.17, 15) is 4.39 Å². The normalized spacial score (nSPS) is 25.5. The summed E-state index contributed by atoms with van der Waals surface area (Å²) in [6, 6.07) is 18.9. The first-order chi connectivity index (χ1) is 16.4. The second kappa shape index (κ2) is 7.74. The number of halogens is 1. The van der Waals surface area contributed by atoms with Crippen molar-refractivity contribution in [2.24, 2.45) is 10.7 Å². The fourth-order valence-corrected chi connectivity index (χ4v) is 5.63. The number of rotatable bonds is 2. The third-order valence-corrected chi connectivity index (χ3v) is 7.18. The van der Waals surface area contributed by atoms with E-state index in [0.29, 0.717) is 29.4 Å². The van der Waals surface area contributed by atoms with Crippen molar-refractivity contribution in [3.05, 3.63) is 83.2 Å². The Bertz CT molecular complexity index is 1290. The Morgan fingerprint density at radius 2 is 1.91 bits per heavy atom. The van der Waals surface area contributed by atoms with Crippen LogP contribution in [0.15, 0.2) is 65.7 Å². The molecule has 3 aromatic carbocycles. The molecule has 3 aromatic rings. The third kappa shape index (κ3) is 3.39. The first-order valence-electron chi connectivity index (χ1n) is 11.7. The maximum Gasteiger partial charge on any atom is 0.221 e. The fraction of sp³-hybridized carbons (Fsp3) is 0.296. The van der Waals surface area contributed by atoms with Crippen LogP contribution in [-0.4, -0.2) is 24.2 Å². The lowest BCUT2D eigenvalue weighted by Gasteiger charge is -2.41. The molecule has 4 N–H and O–H groups in total. The number of aryl methyl sites for hydroxylation is 1. The molecule has 0 aromatic heterocycles. The van der Waals surface area contributed by atoms with E-state index in [-0.39, 0.29) is 17.8 Å². The summed E-state index contributed by atoms with van der Waals surface area (Å²) in [5.74, 6) is 0.882. The van der Waals surface area contributed by atoms with Crippen LogP contribution in [0.2, 0.25) is 0 Å². The zero-order chi connectivity index (χ0) is 23.4. The lowest BCUT2D eigenvalue weighted by atomic mass is 9.76. The van der Waals surface area contributed by atoms with Gasteiger partial charge in [-0.25, -0.2) is 19.3 Å². The number of nitrogen functional groups attached to an aromatic ring is 1. The summed E-state index contributed by atoms with van der Waals surface area (Å²) in [6.07, 6.45) is 3.66. The summed E-state index contributed by atoms with van der Waals surface area (Å²) in [5.41, 5.74) is 16.4. The first-order valence-corrected chi connectivity index (χ1v) is 11.7. The number of anilines is 1. The predicted octanol–water partition coefficient (Wildman–Crippen LogP) is 4.69. The zero-order valence-electron chi connectivity index (χ0n) is 19.0. The summed E-state index contributed by atoms with van der Waals surface area (Å²) in [5, 5.41) is 1.51. The lowest BCUT2D eigenvalue weighted by molar-refractivity contribution is -0.192. The van der Waals surface area contributed by atoms with Crippen molar-refractivity contribution in [1.82, 2.24) is 5.06 Å². The van der Waals surface area contributed by atoms with Gasteiger partial charge in [0.1, 0.15) is 17.7 Å². The molecule has 0 radical (unpaired) electrons. The molecule has 2 aliphatic heterocycles. The number of guanidine groups is 1. The summed E-state index contributed by atoms with van der Waals surface area (Å²) in [4.78, 5) is 11.1. The third-order valence-electron chi connectivity index (χ3n) is 7.18. The minimum atomic E-state index is -1.00. The van der Waals surface area contributed by atoms with Gasteiger partial charge in [0, 0.05) is 25.1 Å². The van der Waals surface area contributed by atoms with Crippen molar-refractivity contribution in [1.29, 1.82) is 0 Å². The van der Waals surface area contributed by atoms with Gasteiger partial charge in [0.25, 0.3) is 0 Å². The SMILES string of the molecule is CN1OC2(CC(C3CCCc4ccccc43)Oc3ccc(-c4cc(N)cc(F)c4)cc32)N=C1N. The molecular weight excluding hydrogens is 431 g/mol. The number of nitrogens with zero attached hydrogens (tertiary/aromatic N) is 2.